The quantitative estimate of drug-likeness (QED) is 0.163. The Morgan fingerprint density at radius 2 is 1.71 bits per heavy atom. The number of aromatic amines is 1. The fourth-order valence-corrected chi connectivity index (χ4v) is 7.96. The van der Waals surface area contributed by atoms with Crippen LogP contribution in [0.25, 0.3) is 22.3 Å². The van der Waals surface area contributed by atoms with E-state index in [4.69, 9.17) is 16.3 Å². The Morgan fingerprint density at radius 1 is 0.964 bits per heavy atom. The maximum absolute atomic E-state index is 14.9. The smallest absolute Gasteiger partial charge is 0.394 e. The van der Waals surface area contributed by atoms with Gasteiger partial charge in [0.25, 0.3) is 11.8 Å². The van der Waals surface area contributed by atoms with Crippen LogP contribution in [-0.4, -0.2) is 86.3 Å². The fourth-order valence-electron chi connectivity index (χ4n) is 7.79. The summed E-state index contributed by atoms with van der Waals surface area (Å²) >= 11 is 6.57. The third-order valence-corrected chi connectivity index (χ3v) is 10.8. The summed E-state index contributed by atoms with van der Waals surface area (Å²) in [6.07, 6.45) is -2.33. The molecule has 2 N–H and O–H groups in total. The second kappa shape index (κ2) is 15.1. The molecule has 3 aromatic carbocycles. The van der Waals surface area contributed by atoms with Gasteiger partial charge in [-0.1, -0.05) is 35.9 Å². The second-order valence-corrected chi connectivity index (χ2v) is 14.6. The van der Waals surface area contributed by atoms with Crippen molar-refractivity contribution in [2.45, 2.75) is 31.6 Å². The van der Waals surface area contributed by atoms with Gasteiger partial charge < -0.3 is 24.3 Å². The van der Waals surface area contributed by atoms with Crippen LogP contribution in [0.3, 0.4) is 0 Å². The van der Waals surface area contributed by atoms with Crippen LogP contribution in [0.1, 0.15) is 37.5 Å². The zero-order chi connectivity index (χ0) is 39.1. The highest BCUT2D eigenvalue weighted by molar-refractivity contribution is 6.31. The number of alkyl halides is 3. The highest BCUT2D eigenvalue weighted by Crippen LogP contribution is 2.38. The molecule has 0 spiro atoms. The lowest BCUT2D eigenvalue weighted by atomic mass is 9.92. The van der Waals surface area contributed by atoms with E-state index in [0.717, 1.165) is 24.2 Å². The van der Waals surface area contributed by atoms with Crippen LogP contribution >= 0.6 is 11.6 Å². The predicted octanol–water partition coefficient (Wildman–Crippen LogP) is 7.91. The van der Waals surface area contributed by atoms with Crippen molar-refractivity contribution in [1.29, 1.82) is 0 Å². The third kappa shape index (κ3) is 7.49. The van der Waals surface area contributed by atoms with Crippen molar-refractivity contribution in [3.05, 3.63) is 130 Å². The topological polar surface area (TPSA) is 107 Å². The van der Waals surface area contributed by atoms with E-state index in [9.17, 15) is 27.9 Å². The minimum atomic E-state index is -4.69. The van der Waals surface area contributed by atoms with E-state index < -0.39 is 18.5 Å². The van der Waals surface area contributed by atoms with Gasteiger partial charge in [-0.05, 0) is 78.2 Å². The number of carbonyl (C=O) groups is 2. The highest BCUT2D eigenvalue weighted by Gasteiger charge is 2.37. The molecule has 1 saturated heterocycles. The van der Waals surface area contributed by atoms with Crippen molar-refractivity contribution in [2.24, 2.45) is 7.05 Å². The van der Waals surface area contributed by atoms with E-state index in [-0.39, 0.29) is 45.2 Å². The predicted molar refractivity (Wildman–Crippen MR) is 207 cm³/mol. The number of nitrogens with zero attached hydrogens (tertiary/aromatic N) is 5. The van der Waals surface area contributed by atoms with E-state index in [1.807, 2.05) is 23.1 Å². The Hall–Kier alpha value is -5.63. The van der Waals surface area contributed by atoms with Crippen LogP contribution < -0.4 is 4.90 Å². The number of ether oxygens (including phenoxy) is 1. The zero-order valence-corrected chi connectivity index (χ0v) is 31.1. The number of pyridine rings is 1. The Kier molecular flexibility index (Phi) is 10.1. The molecule has 0 saturated carbocycles. The number of amides is 2. The van der Waals surface area contributed by atoms with Crippen molar-refractivity contribution in [3.63, 3.8) is 0 Å². The first-order chi connectivity index (χ1) is 26.9. The van der Waals surface area contributed by atoms with Gasteiger partial charge in [-0.15, -0.1) is 0 Å². The summed E-state index contributed by atoms with van der Waals surface area (Å²) in [7, 11) is 1.46. The molecular formula is C42H38ClF3N6O4. The van der Waals surface area contributed by atoms with Gasteiger partial charge >= 0.3 is 6.18 Å². The number of phenolic OH excluding ortho intramolecular Hbond substituents is 1. The van der Waals surface area contributed by atoms with E-state index in [1.165, 1.54) is 53.0 Å². The molecule has 2 aliphatic rings. The molecule has 2 amide bonds. The lowest BCUT2D eigenvalue weighted by Gasteiger charge is -2.40. The molecule has 0 aliphatic carbocycles. The summed E-state index contributed by atoms with van der Waals surface area (Å²) in [5.41, 5.74) is 3.58. The molecule has 6 aromatic rings. The Bertz CT molecular complexity index is 2420. The van der Waals surface area contributed by atoms with Gasteiger partial charge in [0.1, 0.15) is 11.4 Å². The number of anilines is 2. The number of halogens is 4. The van der Waals surface area contributed by atoms with Gasteiger partial charge in [-0.25, -0.2) is 4.98 Å². The van der Waals surface area contributed by atoms with Crippen LogP contribution in [0.5, 0.6) is 5.75 Å². The van der Waals surface area contributed by atoms with Gasteiger partial charge in [0, 0.05) is 84.1 Å². The number of aromatic hydroxyl groups is 1. The lowest BCUT2D eigenvalue weighted by molar-refractivity contribution is -0.128. The van der Waals surface area contributed by atoms with Crippen LogP contribution in [0.2, 0.25) is 5.02 Å². The molecule has 0 bridgehead atoms. The average Bonchev–Trinajstić information content (AvgIpc) is 3.78. The molecule has 288 valence electrons. The zero-order valence-electron chi connectivity index (χ0n) is 30.4. The van der Waals surface area contributed by atoms with Crippen LogP contribution in [0.15, 0.2) is 97.3 Å². The van der Waals surface area contributed by atoms with Crippen molar-refractivity contribution in [3.8, 4) is 17.0 Å². The summed E-state index contributed by atoms with van der Waals surface area (Å²) < 4.78 is 50.1. The van der Waals surface area contributed by atoms with E-state index in [2.05, 4.69) is 20.9 Å². The molecule has 10 nitrogen and oxygen atoms in total. The number of rotatable bonds is 8. The number of morpholine rings is 1. The van der Waals surface area contributed by atoms with E-state index in [1.54, 1.807) is 36.5 Å². The monoisotopic (exact) mass is 782 g/mol. The van der Waals surface area contributed by atoms with Crippen molar-refractivity contribution in [2.75, 3.05) is 37.7 Å². The summed E-state index contributed by atoms with van der Waals surface area (Å²) in [5, 5.41) is 11.0. The highest BCUT2D eigenvalue weighted by atomic mass is 35.5. The molecule has 0 radical (unpaired) electrons. The van der Waals surface area contributed by atoms with Crippen molar-refractivity contribution >= 4 is 45.8 Å². The van der Waals surface area contributed by atoms with Crippen LogP contribution in [0.4, 0.5) is 24.5 Å². The minimum Gasteiger partial charge on any atom is -0.508 e. The molecule has 1 fully saturated rings. The number of nitrogens with one attached hydrogen (secondary N) is 1. The average molecular weight is 783 g/mol. The SMILES string of the molecule is Cn1c(-c2cc(Cl)ccc2C(=O)N2Cc3ccccc3C[C@H]2CN2CCOCC2)cc(C(=O)N(c2ccc(O)cc2)c2cnc3[nH]ccc3c2)c1CC(F)(F)F. The summed E-state index contributed by atoms with van der Waals surface area (Å²) in [4.78, 5) is 42.5. The molecule has 56 heavy (non-hydrogen) atoms. The molecule has 8 rings (SSSR count). The Balaban J connectivity index is 1.24. The van der Waals surface area contributed by atoms with E-state index >= 15 is 0 Å². The summed E-state index contributed by atoms with van der Waals surface area (Å²) in [6.45, 7) is 3.67. The first kappa shape index (κ1) is 37.3. The number of benzene rings is 3. The first-order valence-corrected chi connectivity index (χ1v) is 18.6. The maximum Gasteiger partial charge on any atom is 0.394 e. The number of fused-ring (bicyclic) bond motifs is 2. The van der Waals surface area contributed by atoms with Gasteiger partial charge in [0.15, 0.2) is 0 Å². The Morgan fingerprint density at radius 3 is 2.46 bits per heavy atom. The maximum atomic E-state index is 14.9. The number of carbonyl (C=O) groups excluding carboxylic acids is 2. The molecule has 1 atom stereocenters. The lowest BCUT2D eigenvalue weighted by Crippen LogP contribution is -2.52. The van der Waals surface area contributed by atoms with Crippen molar-refractivity contribution in [1.82, 2.24) is 24.3 Å². The molecule has 5 heterocycles. The summed E-state index contributed by atoms with van der Waals surface area (Å²) in [6, 6.07) is 23.2. The normalized spacial score (nSPS) is 16.2. The third-order valence-electron chi connectivity index (χ3n) is 10.6. The number of phenols is 1. The van der Waals surface area contributed by atoms with Gasteiger partial charge in [0.2, 0.25) is 0 Å². The second-order valence-electron chi connectivity index (χ2n) is 14.2. The first-order valence-electron chi connectivity index (χ1n) is 18.2. The van der Waals surface area contributed by atoms with E-state index in [0.29, 0.717) is 60.7 Å². The van der Waals surface area contributed by atoms with Gasteiger partial charge in [-0.2, -0.15) is 13.2 Å². The summed E-state index contributed by atoms with van der Waals surface area (Å²) in [5.74, 6) is -1.11. The molecule has 2 aliphatic heterocycles. The number of hydrogen-bond acceptors (Lipinski definition) is 6. The molecule has 14 heteroatoms. The largest absolute Gasteiger partial charge is 0.508 e. The number of H-pyrrole nitrogens is 1. The number of hydrogen-bond donors (Lipinski definition) is 2. The molecule has 3 aromatic heterocycles. The fraction of sp³-hybridized carbons (Fsp3) is 0.262. The Labute approximate surface area is 325 Å². The number of aromatic nitrogens is 3. The standard InChI is InChI=1S/C42H38ClF3N6O4/c1-49-37(35-20-29(43)6-11-34(35)40(54)51-24-28-5-3-2-4-26(28)18-32(51)25-50-14-16-56-17-15-50)21-36(38(49)22-42(44,45)46)41(55)52(30-7-9-33(53)10-8-30)31-19-27-12-13-47-39(27)48-23-31/h2-13,19-21,23,32,53H,14-18,22,24-25H2,1H3,(H,47,48)/t32-/m0/s1. The molecule has 0 unspecified atom stereocenters. The van der Waals surface area contributed by atoms with Gasteiger partial charge in [0.05, 0.1) is 37.1 Å². The molecular weight excluding hydrogens is 745 g/mol. The minimum absolute atomic E-state index is 0.0531. The van der Waals surface area contributed by atoms with Crippen LogP contribution in [0, 0.1) is 0 Å². The van der Waals surface area contributed by atoms with Crippen LogP contribution in [-0.2, 0) is 31.2 Å². The van der Waals surface area contributed by atoms with Crippen molar-refractivity contribution < 1.29 is 32.6 Å². The van der Waals surface area contributed by atoms with Gasteiger partial charge in [-0.3, -0.25) is 19.4 Å².